The fourth-order valence-electron chi connectivity index (χ4n) is 2.79. The third-order valence-corrected chi connectivity index (χ3v) is 3.94. The van der Waals surface area contributed by atoms with E-state index in [0.717, 1.165) is 42.6 Å². The molecule has 21 heavy (non-hydrogen) atoms. The molecule has 0 radical (unpaired) electrons. The van der Waals surface area contributed by atoms with Crippen LogP contribution in [0.4, 0.5) is 5.69 Å². The lowest BCUT2D eigenvalue weighted by molar-refractivity contribution is -0.117. The van der Waals surface area contributed by atoms with Gasteiger partial charge in [-0.2, -0.15) is 0 Å². The Hall–Kier alpha value is -2.36. The summed E-state index contributed by atoms with van der Waals surface area (Å²) in [6, 6.07) is 3.57. The van der Waals surface area contributed by atoms with Gasteiger partial charge in [-0.3, -0.25) is 9.78 Å². The van der Waals surface area contributed by atoms with E-state index in [2.05, 4.69) is 10.3 Å². The third kappa shape index (κ3) is 3.05. The van der Waals surface area contributed by atoms with Crippen LogP contribution in [0.3, 0.4) is 0 Å². The van der Waals surface area contributed by atoms with Crippen LogP contribution in [-0.2, 0) is 4.79 Å². The van der Waals surface area contributed by atoms with Crippen LogP contribution < -0.4 is 11.1 Å². The van der Waals surface area contributed by atoms with Gasteiger partial charge in [-0.1, -0.05) is 18.2 Å². The van der Waals surface area contributed by atoms with Crippen LogP contribution >= 0.6 is 0 Å². The van der Waals surface area contributed by atoms with Crippen molar-refractivity contribution in [2.45, 2.75) is 25.7 Å². The van der Waals surface area contributed by atoms with Crippen molar-refractivity contribution in [2.75, 3.05) is 5.32 Å². The van der Waals surface area contributed by atoms with Gasteiger partial charge in [0.05, 0.1) is 5.92 Å². The number of nitrogens with two attached hydrogens (primary N) is 1. The zero-order valence-electron chi connectivity index (χ0n) is 11.9. The van der Waals surface area contributed by atoms with Crippen LogP contribution in [-0.4, -0.2) is 10.9 Å². The van der Waals surface area contributed by atoms with E-state index in [9.17, 15) is 4.79 Å². The van der Waals surface area contributed by atoms with Gasteiger partial charge in [-0.05, 0) is 49.0 Å². The number of fused-ring (bicyclic) bond motifs is 1. The highest BCUT2D eigenvalue weighted by atomic mass is 16.1. The summed E-state index contributed by atoms with van der Waals surface area (Å²) >= 11 is 0. The molecule has 0 aromatic carbocycles. The van der Waals surface area contributed by atoms with E-state index in [0.29, 0.717) is 0 Å². The van der Waals surface area contributed by atoms with Crippen LogP contribution in [0.2, 0.25) is 0 Å². The fourth-order valence-corrected chi connectivity index (χ4v) is 2.79. The van der Waals surface area contributed by atoms with Gasteiger partial charge in [0.1, 0.15) is 0 Å². The Morgan fingerprint density at radius 3 is 2.81 bits per heavy atom. The number of hydrogen-bond donors (Lipinski definition) is 2. The summed E-state index contributed by atoms with van der Waals surface area (Å²) in [6.45, 7) is 0. The van der Waals surface area contributed by atoms with Crippen LogP contribution in [0.15, 0.2) is 59.6 Å². The predicted octanol–water partition coefficient (Wildman–Crippen LogP) is 2.92. The van der Waals surface area contributed by atoms with Crippen molar-refractivity contribution in [2.24, 2.45) is 11.7 Å². The first-order chi connectivity index (χ1) is 10.2. The number of anilines is 1. The standard InChI is InChI=1S/C17H19N3O/c18-16-4-2-1-3-12-11-13(5-6-15(12)16)17(21)20-14-7-9-19-10-8-14/h5-11,13H,1-4,18H2,(H,19,20,21)/t13-/m1/s1. The first-order valence-corrected chi connectivity index (χ1v) is 7.33. The minimum absolute atomic E-state index is 0.0215. The lowest BCUT2D eigenvalue weighted by Crippen LogP contribution is -2.22. The van der Waals surface area contributed by atoms with Gasteiger partial charge < -0.3 is 11.1 Å². The van der Waals surface area contributed by atoms with E-state index >= 15 is 0 Å². The summed E-state index contributed by atoms with van der Waals surface area (Å²) in [6.07, 6.45) is 13.5. The number of nitrogens with one attached hydrogen (secondary N) is 1. The van der Waals surface area contributed by atoms with Crippen LogP contribution in [0.1, 0.15) is 25.7 Å². The molecule has 108 valence electrons. The van der Waals surface area contributed by atoms with Crippen LogP contribution in [0.5, 0.6) is 0 Å². The molecule has 0 fully saturated rings. The van der Waals surface area contributed by atoms with Crippen LogP contribution in [0, 0.1) is 5.92 Å². The molecule has 0 bridgehead atoms. The van der Waals surface area contributed by atoms with E-state index in [-0.39, 0.29) is 11.8 Å². The second-order valence-corrected chi connectivity index (χ2v) is 5.45. The SMILES string of the molecule is NC1=C2C=C[C@@H](C(=O)Nc3ccncc3)C=C2CCCC1. The van der Waals surface area contributed by atoms with Gasteiger partial charge in [0.25, 0.3) is 0 Å². The molecular formula is C17H19N3O. The van der Waals surface area contributed by atoms with Crippen molar-refractivity contribution in [3.8, 4) is 0 Å². The number of carbonyl (C=O) groups excluding carboxylic acids is 1. The largest absolute Gasteiger partial charge is 0.402 e. The van der Waals surface area contributed by atoms with E-state index in [1.54, 1.807) is 24.5 Å². The summed E-state index contributed by atoms with van der Waals surface area (Å²) < 4.78 is 0. The second-order valence-electron chi connectivity index (χ2n) is 5.45. The summed E-state index contributed by atoms with van der Waals surface area (Å²) in [7, 11) is 0. The highest BCUT2D eigenvalue weighted by molar-refractivity contribution is 5.95. The number of aromatic nitrogens is 1. The first kappa shape index (κ1) is 13.6. The molecule has 4 nitrogen and oxygen atoms in total. The van der Waals surface area contributed by atoms with Crippen LogP contribution in [0.25, 0.3) is 0 Å². The van der Waals surface area contributed by atoms with Gasteiger partial charge in [0, 0.05) is 23.8 Å². The molecule has 1 aromatic heterocycles. The molecule has 3 rings (SSSR count). The Morgan fingerprint density at radius 2 is 2.00 bits per heavy atom. The van der Waals surface area contributed by atoms with Gasteiger partial charge in [0.2, 0.25) is 5.91 Å². The normalized spacial score (nSPS) is 21.3. The molecule has 1 aromatic rings. The van der Waals surface area contributed by atoms with E-state index in [1.807, 2.05) is 18.2 Å². The molecule has 0 spiro atoms. The second kappa shape index (κ2) is 5.95. The van der Waals surface area contributed by atoms with Crippen molar-refractivity contribution < 1.29 is 4.79 Å². The molecule has 0 saturated heterocycles. The fraction of sp³-hybridized carbons (Fsp3) is 0.294. The van der Waals surface area contributed by atoms with Gasteiger partial charge in [-0.25, -0.2) is 0 Å². The molecule has 4 heteroatoms. The maximum absolute atomic E-state index is 12.3. The summed E-state index contributed by atoms with van der Waals surface area (Å²) in [5, 5.41) is 2.91. The number of pyridine rings is 1. The van der Waals surface area contributed by atoms with Crippen molar-refractivity contribution in [1.29, 1.82) is 0 Å². The first-order valence-electron chi connectivity index (χ1n) is 7.33. The molecule has 0 saturated carbocycles. The maximum atomic E-state index is 12.3. The monoisotopic (exact) mass is 281 g/mol. The maximum Gasteiger partial charge on any atom is 0.235 e. The average Bonchev–Trinajstić information content (AvgIpc) is 2.70. The topological polar surface area (TPSA) is 68.0 Å². The predicted molar refractivity (Wildman–Crippen MR) is 83.3 cm³/mol. The van der Waals surface area contributed by atoms with E-state index in [4.69, 9.17) is 5.73 Å². The lowest BCUT2D eigenvalue weighted by Gasteiger charge is -2.18. The Labute approximate surface area is 124 Å². The summed E-state index contributed by atoms with van der Waals surface area (Å²) in [5.41, 5.74) is 10.2. The number of nitrogens with zero attached hydrogens (tertiary/aromatic N) is 1. The molecule has 2 aliphatic carbocycles. The Kier molecular flexibility index (Phi) is 3.86. The van der Waals surface area contributed by atoms with Crippen molar-refractivity contribution >= 4 is 11.6 Å². The van der Waals surface area contributed by atoms with Gasteiger partial charge >= 0.3 is 0 Å². The van der Waals surface area contributed by atoms with Crippen molar-refractivity contribution in [3.05, 3.63) is 59.6 Å². The number of rotatable bonds is 2. The molecule has 2 aliphatic rings. The molecule has 0 aliphatic heterocycles. The molecular weight excluding hydrogens is 262 g/mol. The van der Waals surface area contributed by atoms with Crippen molar-refractivity contribution in [3.63, 3.8) is 0 Å². The third-order valence-electron chi connectivity index (χ3n) is 3.94. The minimum Gasteiger partial charge on any atom is -0.402 e. The van der Waals surface area contributed by atoms with Gasteiger partial charge in [0.15, 0.2) is 0 Å². The Bertz CT molecular complexity index is 629. The molecule has 1 atom stereocenters. The average molecular weight is 281 g/mol. The molecule has 1 amide bonds. The quantitative estimate of drug-likeness (QED) is 0.875. The smallest absolute Gasteiger partial charge is 0.235 e. The van der Waals surface area contributed by atoms with E-state index in [1.165, 1.54) is 5.57 Å². The summed E-state index contributed by atoms with van der Waals surface area (Å²) in [5.74, 6) is -0.255. The van der Waals surface area contributed by atoms with Crippen molar-refractivity contribution in [1.82, 2.24) is 4.98 Å². The van der Waals surface area contributed by atoms with E-state index < -0.39 is 0 Å². The Morgan fingerprint density at radius 1 is 1.24 bits per heavy atom. The number of hydrogen-bond acceptors (Lipinski definition) is 3. The number of amides is 1. The zero-order chi connectivity index (χ0) is 14.7. The van der Waals surface area contributed by atoms with Gasteiger partial charge in [-0.15, -0.1) is 0 Å². The highest BCUT2D eigenvalue weighted by Gasteiger charge is 2.21. The molecule has 0 unspecified atom stereocenters. The number of carbonyl (C=O) groups is 1. The minimum atomic E-state index is -0.234. The number of allylic oxidation sites excluding steroid dienone is 4. The summed E-state index contributed by atoms with van der Waals surface area (Å²) in [4.78, 5) is 16.3. The molecule has 3 N–H and O–H groups in total. The zero-order valence-corrected chi connectivity index (χ0v) is 11.9. The Balaban J connectivity index is 1.77. The lowest BCUT2D eigenvalue weighted by atomic mass is 9.90. The highest BCUT2D eigenvalue weighted by Crippen LogP contribution is 2.32. The molecule has 1 heterocycles.